The number of nitrogens with zero attached hydrogens (tertiary/aromatic N) is 2. The van der Waals surface area contributed by atoms with E-state index in [1.54, 1.807) is 24.3 Å². The third-order valence-corrected chi connectivity index (χ3v) is 7.85. The SMILES string of the molecule is COc1ccc(S(=O)(=O)CCC(=O)N(Cc2ccccc2)c2nc3c(F)cccc3s2)cc1. The van der Waals surface area contributed by atoms with Crippen LogP contribution in [0.15, 0.2) is 77.7 Å². The predicted octanol–water partition coefficient (Wildman–Crippen LogP) is 4.84. The molecule has 1 amide bonds. The Morgan fingerprint density at radius 2 is 1.76 bits per heavy atom. The summed E-state index contributed by atoms with van der Waals surface area (Å²) in [5, 5.41) is 0.325. The van der Waals surface area contributed by atoms with Crippen LogP contribution < -0.4 is 9.64 Å². The Morgan fingerprint density at radius 1 is 1.03 bits per heavy atom. The van der Waals surface area contributed by atoms with Crippen LogP contribution in [0.4, 0.5) is 9.52 Å². The minimum absolute atomic E-state index is 0.118. The molecule has 0 fully saturated rings. The minimum Gasteiger partial charge on any atom is -0.497 e. The third kappa shape index (κ3) is 5.20. The highest BCUT2D eigenvalue weighted by Crippen LogP contribution is 2.31. The fraction of sp³-hybridized carbons (Fsp3) is 0.167. The normalized spacial score (nSPS) is 11.5. The van der Waals surface area contributed by atoms with E-state index in [-0.39, 0.29) is 29.1 Å². The second kappa shape index (κ2) is 9.68. The highest BCUT2D eigenvalue weighted by atomic mass is 32.2. The van der Waals surface area contributed by atoms with Gasteiger partial charge < -0.3 is 4.74 Å². The second-order valence-corrected chi connectivity index (χ2v) is 10.4. The Kier molecular flexibility index (Phi) is 6.71. The Balaban J connectivity index is 1.59. The van der Waals surface area contributed by atoms with Crippen molar-refractivity contribution in [3.8, 4) is 5.75 Å². The van der Waals surface area contributed by atoms with Crippen LogP contribution in [0.3, 0.4) is 0 Å². The van der Waals surface area contributed by atoms with E-state index in [2.05, 4.69) is 4.98 Å². The van der Waals surface area contributed by atoms with Gasteiger partial charge in [-0.05, 0) is 42.0 Å². The monoisotopic (exact) mass is 484 g/mol. The van der Waals surface area contributed by atoms with E-state index >= 15 is 0 Å². The lowest BCUT2D eigenvalue weighted by atomic mass is 10.2. The van der Waals surface area contributed by atoms with Crippen molar-refractivity contribution in [3.05, 3.63) is 84.2 Å². The lowest BCUT2D eigenvalue weighted by Crippen LogP contribution is -2.31. The molecule has 0 N–H and O–H groups in total. The van der Waals surface area contributed by atoms with Crippen molar-refractivity contribution in [2.45, 2.75) is 17.9 Å². The quantitative estimate of drug-likeness (QED) is 0.358. The van der Waals surface area contributed by atoms with Crippen molar-refractivity contribution in [1.82, 2.24) is 4.98 Å². The van der Waals surface area contributed by atoms with Crippen LogP contribution in [0.2, 0.25) is 0 Å². The molecule has 6 nitrogen and oxygen atoms in total. The maximum atomic E-state index is 14.2. The molecular formula is C24H21FN2O4S2. The van der Waals surface area contributed by atoms with Crippen molar-refractivity contribution in [3.63, 3.8) is 0 Å². The average molecular weight is 485 g/mol. The summed E-state index contributed by atoms with van der Waals surface area (Å²) in [4.78, 5) is 19.1. The lowest BCUT2D eigenvalue weighted by Gasteiger charge is -2.20. The molecule has 33 heavy (non-hydrogen) atoms. The van der Waals surface area contributed by atoms with Crippen molar-refractivity contribution >= 4 is 42.4 Å². The van der Waals surface area contributed by atoms with E-state index in [1.807, 2.05) is 30.3 Å². The minimum atomic E-state index is -3.68. The topological polar surface area (TPSA) is 76.6 Å². The van der Waals surface area contributed by atoms with Crippen molar-refractivity contribution in [2.24, 2.45) is 0 Å². The fourth-order valence-corrected chi connectivity index (χ4v) is 5.53. The number of amides is 1. The molecule has 0 bridgehead atoms. The maximum Gasteiger partial charge on any atom is 0.230 e. The zero-order valence-corrected chi connectivity index (χ0v) is 19.4. The number of rotatable bonds is 8. The first-order chi connectivity index (χ1) is 15.9. The highest BCUT2D eigenvalue weighted by molar-refractivity contribution is 7.91. The number of sulfone groups is 1. The van der Waals surface area contributed by atoms with E-state index in [0.717, 1.165) is 5.56 Å². The molecule has 0 aliphatic rings. The van der Waals surface area contributed by atoms with Crippen LogP contribution in [0.25, 0.3) is 10.2 Å². The number of fused-ring (bicyclic) bond motifs is 1. The van der Waals surface area contributed by atoms with Crippen molar-refractivity contribution in [2.75, 3.05) is 17.8 Å². The summed E-state index contributed by atoms with van der Waals surface area (Å²) in [7, 11) is -2.18. The van der Waals surface area contributed by atoms with Gasteiger partial charge in [-0.2, -0.15) is 0 Å². The number of halogens is 1. The first-order valence-corrected chi connectivity index (χ1v) is 12.6. The van der Waals surface area contributed by atoms with Crippen LogP contribution in [-0.4, -0.2) is 32.2 Å². The fourth-order valence-electron chi connectivity index (χ4n) is 3.30. The zero-order valence-electron chi connectivity index (χ0n) is 17.8. The summed E-state index contributed by atoms with van der Waals surface area (Å²) in [6, 6.07) is 20.0. The summed E-state index contributed by atoms with van der Waals surface area (Å²) in [6.45, 7) is 0.198. The number of anilines is 1. The van der Waals surface area contributed by atoms with Gasteiger partial charge in [-0.3, -0.25) is 9.69 Å². The Labute approximate surface area is 195 Å². The van der Waals surface area contributed by atoms with Crippen molar-refractivity contribution < 1.29 is 22.3 Å². The number of hydrogen-bond donors (Lipinski definition) is 0. The molecule has 0 saturated heterocycles. The number of carbonyl (C=O) groups is 1. The lowest BCUT2D eigenvalue weighted by molar-refractivity contribution is -0.118. The van der Waals surface area contributed by atoms with Gasteiger partial charge in [0.05, 0.1) is 29.0 Å². The van der Waals surface area contributed by atoms with E-state index < -0.39 is 21.6 Å². The van der Waals surface area contributed by atoms with Crippen LogP contribution in [0.1, 0.15) is 12.0 Å². The molecule has 0 saturated carbocycles. The van der Waals surface area contributed by atoms with E-state index in [1.165, 1.54) is 41.5 Å². The van der Waals surface area contributed by atoms with Gasteiger partial charge in [0.1, 0.15) is 17.1 Å². The van der Waals surface area contributed by atoms with E-state index in [9.17, 15) is 17.6 Å². The van der Waals surface area contributed by atoms with Crippen LogP contribution in [0, 0.1) is 5.82 Å². The molecule has 1 aromatic heterocycles. The molecule has 0 aliphatic carbocycles. The van der Waals surface area contributed by atoms with E-state index in [4.69, 9.17) is 4.74 Å². The number of carbonyl (C=O) groups excluding carboxylic acids is 1. The first kappa shape index (κ1) is 22.9. The standard InChI is InChI=1S/C24H21FN2O4S2/c1-31-18-10-12-19(13-11-18)33(29,30)15-14-22(28)27(16-17-6-3-2-4-7-17)24-26-23-20(25)8-5-9-21(23)32-24/h2-13H,14-16H2,1H3. The molecular weight excluding hydrogens is 463 g/mol. The first-order valence-electron chi connectivity index (χ1n) is 10.1. The summed E-state index contributed by atoms with van der Waals surface area (Å²) >= 11 is 1.19. The number of ether oxygens (including phenoxy) is 1. The number of thiazole rings is 1. The molecule has 0 spiro atoms. The maximum absolute atomic E-state index is 14.2. The van der Waals surface area contributed by atoms with Gasteiger partial charge in [-0.15, -0.1) is 0 Å². The van der Waals surface area contributed by atoms with Gasteiger partial charge in [0.15, 0.2) is 15.0 Å². The summed E-state index contributed by atoms with van der Waals surface area (Å²) in [6.07, 6.45) is -0.237. The van der Waals surface area contributed by atoms with Crippen LogP contribution in [0.5, 0.6) is 5.75 Å². The molecule has 4 aromatic rings. The molecule has 0 aliphatic heterocycles. The molecule has 0 unspecified atom stereocenters. The predicted molar refractivity (Wildman–Crippen MR) is 127 cm³/mol. The highest BCUT2D eigenvalue weighted by Gasteiger charge is 2.24. The number of methoxy groups -OCH3 is 1. The van der Waals surface area contributed by atoms with Gasteiger partial charge in [-0.25, -0.2) is 17.8 Å². The van der Waals surface area contributed by atoms with E-state index in [0.29, 0.717) is 15.6 Å². The molecule has 3 aromatic carbocycles. The number of benzene rings is 3. The van der Waals surface area contributed by atoms with Gasteiger partial charge in [0, 0.05) is 6.42 Å². The third-order valence-electron chi connectivity index (χ3n) is 5.08. The summed E-state index contributed by atoms with van der Waals surface area (Å²) in [5.74, 6) is -0.690. The average Bonchev–Trinajstić information content (AvgIpc) is 3.27. The molecule has 1 heterocycles. The van der Waals surface area contributed by atoms with Crippen LogP contribution >= 0.6 is 11.3 Å². The largest absolute Gasteiger partial charge is 0.497 e. The summed E-state index contributed by atoms with van der Waals surface area (Å²) in [5.41, 5.74) is 1.04. The van der Waals surface area contributed by atoms with Gasteiger partial charge in [-0.1, -0.05) is 47.7 Å². The smallest absolute Gasteiger partial charge is 0.230 e. The number of aromatic nitrogens is 1. The molecule has 0 atom stereocenters. The van der Waals surface area contributed by atoms with Crippen LogP contribution in [-0.2, 0) is 21.2 Å². The Hall–Kier alpha value is -3.30. The second-order valence-electron chi connectivity index (χ2n) is 7.29. The Bertz CT molecular complexity index is 1370. The Morgan fingerprint density at radius 3 is 2.42 bits per heavy atom. The molecule has 170 valence electrons. The molecule has 9 heteroatoms. The van der Waals surface area contributed by atoms with Gasteiger partial charge in [0.25, 0.3) is 0 Å². The van der Waals surface area contributed by atoms with Gasteiger partial charge >= 0.3 is 0 Å². The van der Waals surface area contributed by atoms with Crippen molar-refractivity contribution in [1.29, 1.82) is 0 Å². The number of para-hydroxylation sites is 1. The van der Waals surface area contributed by atoms with Gasteiger partial charge in [0.2, 0.25) is 5.91 Å². The molecule has 0 radical (unpaired) electrons. The zero-order chi connectivity index (χ0) is 23.4. The summed E-state index contributed by atoms with van der Waals surface area (Å²) < 4.78 is 45.4. The number of hydrogen-bond acceptors (Lipinski definition) is 6. The molecule has 4 rings (SSSR count).